The number of hydrogen-bond donors (Lipinski definition) is 4. The largest absolute Gasteiger partial charge is 0.387 e. The molecule has 0 aromatic heterocycles. The van der Waals surface area contributed by atoms with Gasteiger partial charge in [0, 0.05) is 0 Å². The lowest BCUT2D eigenvalue weighted by atomic mass is 9.79. The second kappa shape index (κ2) is 5.01. The summed E-state index contributed by atoms with van der Waals surface area (Å²) < 4.78 is 74.1. The molecule has 0 aliphatic heterocycles. The normalized spacial score (nSPS) is 39.3. The summed E-state index contributed by atoms with van der Waals surface area (Å²) in [6.45, 7) is 1.32. The van der Waals surface area contributed by atoms with Crippen LogP contribution in [0.1, 0.15) is 41.2 Å². The van der Waals surface area contributed by atoms with Crippen LogP contribution in [0.15, 0.2) is 42.3 Å². The third kappa shape index (κ3) is 1.93. The van der Waals surface area contributed by atoms with E-state index in [0.29, 0.717) is 0 Å². The van der Waals surface area contributed by atoms with Crippen molar-refractivity contribution in [2.45, 2.75) is 31.3 Å². The predicted octanol–water partition coefficient (Wildman–Crippen LogP) is 2.10. The number of aliphatic hydroxyl groups is 4. The van der Waals surface area contributed by atoms with Crippen molar-refractivity contribution in [3.63, 3.8) is 0 Å². The Hall–Kier alpha value is -1.98. The van der Waals surface area contributed by atoms with Gasteiger partial charge in [-0.25, -0.2) is 0 Å². The summed E-state index contributed by atoms with van der Waals surface area (Å²) in [6.07, 6.45) is -11.2. The Morgan fingerprint density at radius 3 is 2.52 bits per heavy atom. The highest BCUT2D eigenvalue weighted by molar-refractivity contribution is 6.10. The smallest absolute Gasteiger partial charge is 0.113 e. The summed E-state index contributed by atoms with van der Waals surface area (Å²) in [4.78, 5) is 0. The molecule has 3 aromatic rings. The van der Waals surface area contributed by atoms with Crippen LogP contribution in [0.25, 0.3) is 21.5 Å². The highest BCUT2D eigenvalue weighted by Gasteiger charge is 2.40. The van der Waals surface area contributed by atoms with Gasteiger partial charge in [0.15, 0.2) is 0 Å². The van der Waals surface area contributed by atoms with E-state index < -0.39 is 77.8 Å². The van der Waals surface area contributed by atoms with Gasteiger partial charge in [-0.3, -0.25) is 0 Å². The molecule has 4 atom stereocenters. The van der Waals surface area contributed by atoms with Gasteiger partial charge in [0.25, 0.3) is 0 Å². The van der Waals surface area contributed by atoms with Crippen LogP contribution in [0.4, 0.5) is 0 Å². The summed E-state index contributed by atoms with van der Waals surface area (Å²) in [5.41, 5.74) is -1.32. The molecule has 4 N–H and O–H groups in total. The van der Waals surface area contributed by atoms with Gasteiger partial charge < -0.3 is 20.4 Å². The second-order valence-electron chi connectivity index (χ2n) is 5.41. The van der Waals surface area contributed by atoms with E-state index in [1.165, 1.54) is 6.92 Å². The molecule has 3 aromatic carbocycles. The first kappa shape index (κ1) is 7.73. The Kier molecular flexibility index (Phi) is 1.68. The van der Waals surface area contributed by atoms with Gasteiger partial charge in [-0.2, -0.15) is 0 Å². The highest BCUT2D eigenvalue weighted by Crippen LogP contribution is 2.43. The van der Waals surface area contributed by atoms with Crippen LogP contribution in [-0.2, 0) is 0 Å². The molecule has 0 heterocycles. The zero-order chi connectivity index (χ0) is 24.2. The fraction of sp³-hybridized carbons (Fsp3) is 0.263. The molecule has 0 amide bonds. The molecule has 1 aliphatic carbocycles. The summed E-state index contributed by atoms with van der Waals surface area (Å²) in [6, 6.07) is -4.23. The van der Waals surface area contributed by atoms with E-state index in [9.17, 15) is 20.4 Å². The molecular formula is C19H18O4. The van der Waals surface area contributed by atoms with E-state index in [1.54, 1.807) is 0 Å². The molecule has 0 unspecified atom stereocenters. The highest BCUT2D eigenvalue weighted by atomic mass is 16.4. The molecule has 0 radical (unpaired) electrons. The molecule has 0 saturated carbocycles. The SMILES string of the molecule is [2H]c1c([2H])c([2H])c2c(c1[2H])c([2H])c(C)c1c3c(c([2H])c([2H])c12)[C@@H](O)[C@H](O)[C@]([2H])(O)[C@@]3([2H])O. The van der Waals surface area contributed by atoms with E-state index in [-0.39, 0.29) is 27.1 Å². The monoisotopic (exact) mass is 319 g/mol. The number of hydrogen-bond acceptors (Lipinski definition) is 4. The van der Waals surface area contributed by atoms with Crippen molar-refractivity contribution < 1.29 is 32.8 Å². The Morgan fingerprint density at radius 1 is 1.00 bits per heavy atom. The molecule has 0 bridgehead atoms. The number of benzene rings is 3. The lowest BCUT2D eigenvalue weighted by Crippen LogP contribution is -2.41. The van der Waals surface area contributed by atoms with Crippen LogP contribution < -0.4 is 0 Å². The van der Waals surface area contributed by atoms with Crippen LogP contribution in [0, 0.1) is 6.92 Å². The number of fused-ring (bicyclic) bond motifs is 5. The van der Waals surface area contributed by atoms with E-state index in [1.807, 2.05) is 0 Å². The van der Waals surface area contributed by atoms with Crippen LogP contribution >= 0.6 is 0 Å². The molecule has 118 valence electrons. The topological polar surface area (TPSA) is 80.9 Å². The molecule has 4 heteroatoms. The molecule has 0 fully saturated rings. The standard InChI is InChI=1S/C19H18O4/c1-9-8-10-4-2-3-5-11(10)12-6-7-13-15(14(9)12)17(21)19(23)18(22)16(13)20/h2-8,16-23H,1H3/t16-,17+,18+,19-/m1/s1/i2D,3D,4D,5D,6D,7D,8D,17D,19D. The minimum absolute atomic E-state index is 0.0626. The van der Waals surface area contributed by atoms with Gasteiger partial charge in [0.05, 0.1) is 12.3 Å². The van der Waals surface area contributed by atoms with E-state index in [2.05, 4.69) is 0 Å². The fourth-order valence-electron chi connectivity index (χ4n) is 2.96. The van der Waals surface area contributed by atoms with Gasteiger partial charge in [-0.15, -0.1) is 0 Å². The maximum atomic E-state index is 10.9. The zero-order valence-corrected chi connectivity index (χ0v) is 11.9. The van der Waals surface area contributed by atoms with E-state index >= 15 is 0 Å². The van der Waals surface area contributed by atoms with Crippen molar-refractivity contribution in [2.24, 2.45) is 0 Å². The van der Waals surface area contributed by atoms with Gasteiger partial charge in [-0.05, 0) is 45.2 Å². The van der Waals surface area contributed by atoms with Crippen LogP contribution in [0.3, 0.4) is 0 Å². The van der Waals surface area contributed by atoms with Crippen LogP contribution in [0.2, 0.25) is 0 Å². The third-order valence-corrected chi connectivity index (χ3v) is 4.07. The first-order valence-electron chi connectivity index (χ1n) is 11.4. The maximum Gasteiger partial charge on any atom is 0.113 e. The van der Waals surface area contributed by atoms with Crippen molar-refractivity contribution in [2.75, 3.05) is 0 Å². The van der Waals surface area contributed by atoms with Gasteiger partial charge in [-0.1, -0.05) is 42.3 Å². The van der Waals surface area contributed by atoms with Crippen molar-refractivity contribution in [3.8, 4) is 0 Å². The molecule has 4 nitrogen and oxygen atoms in total. The molecular weight excluding hydrogens is 292 g/mol. The first-order chi connectivity index (χ1) is 14.6. The number of rotatable bonds is 0. The molecule has 0 saturated heterocycles. The Balaban J connectivity index is 2.45. The minimum Gasteiger partial charge on any atom is -0.387 e. The molecule has 1 aliphatic rings. The predicted molar refractivity (Wildman–Crippen MR) is 88.1 cm³/mol. The summed E-state index contributed by atoms with van der Waals surface area (Å²) >= 11 is 0. The average Bonchev–Trinajstić information content (AvgIpc) is 2.72. The summed E-state index contributed by atoms with van der Waals surface area (Å²) in [7, 11) is 0. The molecule has 4 rings (SSSR count). The Bertz CT molecular complexity index is 1350. The van der Waals surface area contributed by atoms with Gasteiger partial charge >= 0.3 is 0 Å². The molecule has 0 spiro atoms. The molecule has 23 heavy (non-hydrogen) atoms. The fourth-order valence-corrected chi connectivity index (χ4v) is 2.96. The second-order valence-corrected chi connectivity index (χ2v) is 5.41. The van der Waals surface area contributed by atoms with E-state index in [4.69, 9.17) is 12.3 Å². The lowest BCUT2D eigenvalue weighted by molar-refractivity contribution is -0.119. The average molecular weight is 319 g/mol. The van der Waals surface area contributed by atoms with Gasteiger partial charge in [0.1, 0.15) is 24.4 Å². The van der Waals surface area contributed by atoms with Crippen molar-refractivity contribution >= 4 is 21.5 Å². The van der Waals surface area contributed by atoms with Crippen LogP contribution in [-0.4, -0.2) is 32.6 Å². The minimum atomic E-state index is -3.36. The quantitative estimate of drug-likeness (QED) is 0.478. The van der Waals surface area contributed by atoms with Crippen molar-refractivity contribution in [3.05, 3.63) is 59.0 Å². The van der Waals surface area contributed by atoms with Crippen molar-refractivity contribution in [1.82, 2.24) is 0 Å². The van der Waals surface area contributed by atoms with E-state index in [0.717, 1.165) is 0 Å². The number of aryl methyl sites for hydroxylation is 1. The third-order valence-electron chi connectivity index (χ3n) is 4.07. The Morgan fingerprint density at radius 2 is 1.74 bits per heavy atom. The summed E-state index contributed by atoms with van der Waals surface area (Å²) in [5, 5.41) is 40.8. The zero-order valence-electron chi connectivity index (χ0n) is 20.9. The Labute approximate surface area is 145 Å². The van der Waals surface area contributed by atoms with Gasteiger partial charge in [0.2, 0.25) is 0 Å². The maximum absolute atomic E-state index is 10.9. The van der Waals surface area contributed by atoms with Crippen LogP contribution in [0.5, 0.6) is 0 Å². The van der Waals surface area contributed by atoms with Crippen molar-refractivity contribution in [1.29, 1.82) is 0 Å². The number of aliphatic hydroxyl groups excluding tert-OH is 2. The lowest BCUT2D eigenvalue weighted by Gasteiger charge is -2.35. The summed E-state index contributed by atoms with van der Waals surface area (Å²) in [5.74, 6) is 0. The first-order valence-corrected chi connectivity index (χ1v) is 6.87.